The Balaban J connectivity index is 1.82. The summed E-state index contributed by atoms with van der Waals surface area (Å²) in [6.45, 7) is 3.34. The second-order valence-electron chi connectivity index (χ2n) is 8.40. The SMILES string of the molecule is CCc1nnc2c(-c3ccc(Cl)cc3)c(-c3ccncc3)c(=O)n(Cc3ccc(C(F)(F)F)nc3C)n12. The summed E-state index contributed by atoms with van der Waals surface area (Å²) >= 11 is 6.12. The van der Waals surface area contributed by atoms with Crippen molar-refractivity contribution < 1.29 is 13.2 Å². The van der Waals surface area contributed by atoms with Gasteiger partial charge < -0.3 is 0 Å². The lowest BCUT2D eigenvalue weighted by molar-refractivity contribution is -0.141. The maximum Gasteiger partial charge on any atom is 0.433 e. The molecule has 5 aromatic rings. The quantitative estimate of drug-likeness (QED) is 0.299. The number of aromatic nitrogens is 6. The van der Waals surface area contributed by atoms with Gasteiger partial charge in [0.05, 0.1) is 12.1 Å². The third-order valence-corrected chi connectivity index (χ3v) is 6.34. The minimum Gasteiger partial charge on any atom is -0.267 e. The maximum absolute atomic E-state index is 14.2. The number of pyridine rings is 2. The Hall–Kier alpha value is -4.05. The Morgan fingerprint density at radius 3 is 2.22 bits per heavy atom. The van der Waals surface area contributed by atoms with Gasteiger partial charge in [0, 0.05) is 35.1 Å². The number of benzene rings is 1. The van der Waals surface area contributed by atoms with E-state index in [1.165, 1.54) is 17.7 Å². The van der Waals surface area contributed by atoms with Crippen LogP contribution in [0.4, 0.5) is 13.2 Å². The van der Waals surface area contributed by atoms with Crippen molar-refractivity contribution in [3.63, 3.8) is 0 Å². The molecule has 0 aliphatic carbocycles. The van der Waals surface area contributed by atoms with Gasteiger partial charge in [-0.25, -0.2) is 14.2 Å². The summed E-state index contributed by atoms with van der Waals surface area (Å²) in [5, 5.41) is 9.28. The van der Waals surface area contributed by atoms with Gasteiger partial charge in [-0.3, -0.25) is 9.78 Å². The van der Waals surface area contributed by atoms with Gasteiger partial charge in [0.2, 0.25) is 0 Å². The minimum absolute atomic E-state index is 0.0314. The van der Waals surface area contributed by atoms with Crippen LogP contribution in [0.3, 0.4) is 0 Å². The fraction of sp³-hybridized carbons (Fsp3) is 0.192. The molecule has 4 heterocycles. The molecule has 0 saturated heterocycles. The summed E-state index contributed by atoms with van der Waals surface area (Å²) in [4.78, 5) is 22.0. The van der Waals surface area contributed by atoms with Crippen LogP contribution in [0.5, 0.6) is 0 Å². The second kappa shape index (κ2) is 9.44. The molecule has 0 N–H and O–H groups in total. The molecule has 188 valence electrons. The molecule has 4 aromatic heterocycles. The zero-order chi connectivity index (χ0) is 26.3. The molecule has 0 aliphatic heterocycles. The molecular weight excluding hydrogens is 505 g/mol. The molecular formula is C26H20ClF3N6O. The highest BCUT2D eigenvalue weighted by atomic mass is 35.5. The molecule has 0 amide bonds. The third kappa shape index (κ3) is 4.48. The molecule has 0 saturated carbocycles. The normalized spacial score (nSPS) is 11.8. The molecule has 37 heavy (non-hydrogen) atoms. The van der Waals surface area contributed by atoms with Crippen molar-refractivity contribution >= 4 is 17.2 Å². The smallest absolute Gasteiger partial charge is 0.267 e. The van der Waals surface area contributed by atoms with Crippen LogP contribution in [0.1, 0.15) is 29.7 Å². The van der Waals surface area contributed by atoms with Gasteiger partial charge in [0.1, 0.15) is 5.69 Å². The molecule has 0 radical (unpaired) electrons. The predicted octanol–water partition coefficient (Wildman–Crippen LogP) is 5.61. The van der Waals surface area contributed by atoms with E-state index in [2.05, 4.69) is 20.2 Å². The van der Waals surface area contributed by atoms with Gasteiger partial charge in [-0.1, -0.05) is 36.7 Å². The number of halogens is 4. The Morgan fingerprint density at radius 1 is 0.919 bits per heavy atom. The van der Waals surface area contributed by atoms with E-state index in [0.29, 0.717) is 50.7 Å². The van der Waals surface area contributed by atoms with Crippen molar-refractivity contribution in [1.29, 1.82) is 0 Å². The van der Waals surface area contributed by atoms with Crippen molar-refractivity contribution in [2.45, 2.75) is 33.0 Å². The van der Waals surface area contributed by atoms with Gasteiger partial charge in [0.25, 0.3) is 5.56 Å². The molecule has 0 spiro atoms. The number of aryl methyl sites for hydroxylation is 2. The van der Waals surface area contributed by atoms with Crippen LogP contribution in [-0.2, 0) is 19.1 Å². The van der Waals surface area contributed by atoms with Gasteiger partial charge in [-0.15, -0.1) is 10.2 Å². The van der Waals surface area contributed by atoms with Crippen LogP contribution in [0, 0.1) is 6.92 Å². The van der Waals surface area contributed by atoms with Gasteiger partial charge in [-0.05, 0) is 53.9 Å². The Labute approximate surface area is 214 Å². The third-order valence-electron chi connectivity index (χ3n) is 6.09. The van der Waals surface area contributed by atoms with Crippen molar-refractivity contribution in [3.8, 4) is 22.3 Å². The maximum atomic E-state index is 14.2. The van der Waals surface area contributed by atoms with Gasteiger partial charge in [-0.2, -0.15) is 13.2 Å². The lowest BCUT2D eigenvalue weighted by atomic mass is 9.97. The fourth-order valence-electron chi connectivity index (χ4n) is 4.28. The molecule has 0 bridgehead atoms. The number of hydrogen-bond donors (Lipinski definition) is 0. The summed E-state index contributed by atoms with van der Waals surface area (Å²) < 4.78 is 42.6. The van der Waals surface area contributed by atoms with Crippen LogP contribution < -0.4 is 5.56 Å². The number of alkyl halides is 3. The van der Waals surface area contributed by atoms with Crippen molar-refractivity contribution in [1.82, 2.24) is 29.4 Å². The minimum atomic E-state index is -4.56. The first-order valence-corrected chi connectivity index (χ1v) is 11.8. The average Bonchev–Trinajstić information content (AvgIpc) is 3.30. The molecule has 0 fully saturated rings. The van der Waals surface area contributed by atoms with E-state index in [9.17, 15) is 18.0 Å². The van der Waals surface area contributed by atoms with E-state index < -0.39 is 11.9 Å². The topological polar surface area (TPSA) is 78.0 Å². The number of hydrogen-bond acceptors (Lipinski definition) is 5. The predicted molar refractivity (Wildman–Crippen MR) is 133 cm³/mol. The van der Waals surface area contributed by atoms with Gasteiger partial charge in [0.15, 0.2) is 11.5 Å². The summed E-state index contributed by atoms with van der Waals surface area (Å²) in [6, 6.07) is 12.8. The standard InChI is InChI=1S/C26H20ClF3N6O/c1-3-21-33-34-24-22(16-4-7-19(27)8-5-16)23(17-10-12-31-13-11-17)25(37)35(36(21)24)14-18-6-9-20(26(28,29)30)32-15(18)2/h4-13H,3,14H2,1-2H3. The number of rotatable bonds is 5. The first kappa shape index (κ1) is 24.6. The van der Waals surface area contributed by atoms with E-state index in [4.69, 9.17) is 11.6 Å². The van der Waals surface area contributed by atoms with E-state index in [-0.39, 0.29) is 17.8 Å². The monoisotopic (exact) mass is 524 g/mol. The lowest BCUT2D eigenvalue weighted by Crippen LogP contribution is -2.30. The van der Waals surface area contributed by atoms with E-state index in [1.807, 2.05) is 6.92 Å². The molecule has 0 aliphatic rings. The molecule has 7 nitrogen and oxygen atoms in total. The first-order valence-electron chi connectivity index (χ1n) is 11.4. The number of fused-ring (bicyclic) bond motifs is 1. The molecule has 1 aromatic carbocycles. The summed E-state index contributed by atoms with van der Waals surface area (Å²) in [6.07, 6.45) is -0.925. The Bertz CT molecular complexity index is 1660. The van der Waals surface area contributed by atoms with Crippen molar-refractivity contribution in [2.75, 3.05) is 0 Å². The fourth-order valence-corrected chi connectivity index (χ4v) is 4.40. The Kier molecular flexibility index (Phi) is 6.28. The highest BCUT2D eigenvalue weighted by Gasteiger charge is 2.33. The molecule has 0 atom stereocenters. The highest BCUT2D eigenvalue weighted by Crippen LogP contribution is 2.34. The lowest BCUT2D eigenvalue weighted by Gasteiger charge is -2.18. The van der Waals surface area contributed by atoms with Gasteiger partial charge >= 0.3 is 6.18 Å². The molecule has 11 heteroatoms. The highest BCUT2D eigenvalue weighted by molar-refractivity contribution is 6.30. The largest absolute Gasteiger partial charge is 0.433 e. The van der Waals surface area contributed by atoms with Crippen LogP contribution >= 0.6 is 11.6 Å². The van der Waals surface area contributed by atoms with Crippen LogP contribution in [0.2, 0.25) is 5.02 Å². The van der Waals surface area contributed by atoms with E-state index >= 15 is 0 Å². The van der Waals surface area contributed by atoms with Crippen LogP contribution in [-0.4, -0.2) is 29.4 Å². The molecule has 5 rings (SSSR count). The molecule has 0 unspecified atom stereocenters. The van der Waals surface area contributed by atoms with Crippen molar-refractivity contribution in [3.05, 3.63) is 99.1 Å². The zero-order valence-electron chi connectivity index (χ0n) is 19.8. The first-order chi connectivity index (χ1) is 17.7. The second-order valence-corrected chi connectivity index (χ2v) is 8.84. The average molecular weight is 525 g/mol. The summed E-state index contributed by atoms with van der Waals surface area (Å²) in [7, 11) is 0. The van der Waals surface area contributed by atoms with E-state index in [0.717, 1.165) is 6.07 Å². The Morgan fingerprint density at radius 2 is 1.59 bits per heavy atom. The summed E-state index contributed by atoms with van der Waals surface area (Å²) in [5.41, 5.74) is 1.99. The van der Waals surface area contributed by atoms with Crippen LogP contribution in [0.15, 0.2) is 65.7 Å². The van der Waals surface area contributed by atoms with E-state index in [1.54, 1.807) is 53.3 Å². The zero-order valence-corrected chi connectivity index (χ0v) is 20.5. The van der Waals surface area contributed by atoms with Crippen molar-refractivity contribution in [2.24, 2.45) is 0 Å². The number of nitrogens with zero attached hydrogens (tertiary/aromatic N) is 6. The van der Waals surface area contributed by atoms with Crippen LogP contribution in [0.25, 0.3) is 27.9 Å². The summed E-state index contributed by atoms with van der Waals surface area (Å²) in [5.74, 6) is 0.529.